The summed E-state index contributed by atoms with van der Waals surface area (Å²) in [4.78, 5) is 21.2. The van der Waals surface area contributed by atoms with Crippen LogP contribution in [0.4, 0.5) is 0 Å². The molecule has 0 saturated carbocycles. The van der Waals surface area contributed by atoms with E-state index in [-0.39, 0.29) is 5.78 Å². The largest absolute Gasteiger partial charge is 0.338 e. The number of rotatable bonds is 5. The average Bonchev–Trinajstić information content (AvgIpc) is 3.16. The summed E-state index contributed by atoms with van der Waals surface area (Å²) in [7, 11) is 0. The van der Waals surface area contributed by atoms with Crippen molar-refractivity contribution in [3.63, 3.8) is 0 Å². The van der Waals surface area contributed by atoms with Gasteiger partial charge in [0.1, 0.15) is 10.8 Å². The summed E-state index contributed by atoms with van der Waals surface area (Å²) in [6.45, 7) is 0. The van der Waals surface area contributed by atoms with Crippen LogP contribution in [0.25, 0.3) is 22.1 Å². The Balaban J connectivity index is 1.55. The molecule has 140 valence electrons. The Bertz CT molecular complexity index is 1300. The van der Waals surface area contributed by atoms with E-state index < -0.39 is 5.25 Å². The summed E-state index contributed by atoms with van der Waals surface area (Å²) >= 11 is 1.32. The van der Waals surface area contributed by atoms with Gasteiger partial charge in [0.2, 0.25) is 5.16 Å². The molecule has 2 heterocycles. The molecule has 0 amide bonds. The van der Waals surface area contributed by atoms with Gasteiger partial charge in [-0.3, -0.25) is 4.79 Å². The molecule has 0 aliphatic carbocycles. The highest BCUT2D eigenvalue weighted by Gasteiger charge is 2.25. The molecule has 1 atom stereocenters. The Labute approximate surface area is 171 Å². The van der Waals surface area contributed by atoms with E-state index in [1.807, 2.05) is 84.9 Å². The Morgan fingerprint density at radius 2 is 1.52 bits per heavy atom. The number of hydrogen-bond donors (Lipinski definition) is 1. The van der Waals surface area contributed by atoms with Crippen LogP contribution in [0.2, 0.25) is 0 Å². The van der Waals surface area contributed by atoms with Crippen molar-refractivity contribution in [1.82, 2.24) is 20.2 Å². The number of benzene rings is 3. The molecule has 0 aliphatic heterocycles. The normalized spacial score (nSPS) is 12.3. The average molecular weight is 396 g/mol. The maximum atomic E-state index is 13.2. The Morgan fingerprint density at radius 3 is 2.31 bits per heavy atom. The van der Waals surface area contributed by atoms with Crippen LogP contribution in [0.3, 0.4) is 0 Å². The number of hydrogen-bond acceptors (Lipinski definition) is 5. The fourth-order valence-electron chi connectivity index (χ4n) is 3.32. The molecule has 5 aromatic rings. The minimum Gasteiger partial charge on any atom is -0.338 e. The molecule has 5 nitrogen and oxygen atoms in total. The van der Waals surface area contributed by atoms with Gasteiger partial charge in [0.05, 0.1) is 0 Å². The maximum absolute atomic E-state index is 13.2. The molecule has 0 bridgehead atoms. The molecule has 0 radical (unpaired) electrons. The first-order valence-corrected chi connectivity index (χ1v) is 10.1. The molecule has 2 aromatic heterocycles. The summed E-state index contributed by atoms with van der Waals surface area (Å²) in [5.74, 6) is 0.0159. The summed E-state index contributed by atoms with van der Waals surface area (Å²) in [6.07, 6.45) is 0. The van der Waals surface area contributed by atoms with Gasteiger partial charge in [-0.05, 0) is 11.6 Å². The number of aromatic amines is 1. The molecule has 5 rings (SSSR count). The number of H-pyrrole nitrogens is 1. The molecule has 0 saturated heterocycles. The van der Waals surface area contributed by atoms with E-state index in [0.717, 1.165) is 22.0 Å². The minimum absolute atomic E-state index is 0.0159. The van der Waals surface area contributed by atoms with Crippen LogP contribution in [-0.4, -0.2) is 25.9 Å². The predicted molar refractivity (Wildman–Crippen MR) is 115 cm³/mol. The van der Waals surface area contributed by atoms with Crippen LogP contribution in [0, 0.1) is 0 Å². The first-order chi connectivity index (χ1) is 14.3. The van der Waals surface area contributed by atoms with Gasteiger partial charge in [0, 0.05) is 16.5 Å². The van der Waals surface area contributed by atoms with Gasteiger partial charge in [-0.15, -0.1) is 10.2 Å². The van der Waals surface area contributed by atoms with Crippen molar-refractivity contribution in [3.05, 3.63) is 96.1 Å². The highest BCUT2D eigenvalue weighted by Crippen LogP contribution is 2.36. The van der Waals surface area contributed by atoms with Crippen LogP contribution in [-0.2, 0) is 0 Å². The van der Waals surface area contributed by atoms with Crippen LogP contribution >= 0.6 is 11.8 Å². The van der Waals surface area contributed by atoms with Gasteiger partial charge in [-0.2, -0.15) is 0 Å². The van der Waals surface area contributed by atoms with E-state index in [2.05, 4.69) is 20.2 Å². The van der Waals surface area contributed by atoms with Crippen molar-refractivity contribution in [2.45, 2.75) is 10.4 Å². The molecule has 29 heavy (non-hydrogen) atoms. The second-order valence-electron chi connectivity index (χ2n) is 6.60. The highest BCUT2D eigenvalue weighted by atomic mass is 32.2. The number of ketones is 1. The lowest BCUT2D eigenvalue weighted by molar-refractivity contribution is 0.0989. The zero-order valence-corrected chi connectivity index (χ0v) is 16.1. The number of nitrogens with zero attached hydrogens (tertiary/aromatic N) is 3. The van der Waals surface area contributed by atoms with E-state index in [1.165, 1.54) is 11.8 Å². The van der Waals surface area contributed by atoms with Gasteiger partial charge in [-0.1, -0.05) is 90.6 Å². The topological polar surface area (TPSA) is 71.5 Å². The van der Waals surface area contributed by atoms with Crippen molar-refractivity contribution in [2.24, 2.45) is 0 Å². The standard InChI is InChI=1S/C23H16N4OS/c28-20(15-9-3-1-4-10-15)21(16-11-5-2-6-12-16)29-23-25-22-19(26-27-23)17-13-7-8-14-18(17)24-22/h1-14,21H,(H,24,25,27). The van der Waals surface area contributed by atoms with Crippen LogP contribution in [0.15, 0.2) is 90.1 Å². The first-order valence-electron chi connectivity index (χ1n) is 9.21. The maximum Gasteiger partial charge on any atom is 0.212 e. The third kappa shape index (κ3) is 3.39. The molecular weight excluding hydrogens is 380 g/mol. The van der Waals surface area contributed by atoms with Crippen molar-refractivity contribution in [2.75, 3.05) is 0 Å². The molecule has 0 aliphatic rings. The lowest BCUT2D eigenvalue weighted by Crippen LogP contribution is -2.10. The Morgan fingerprint density at radius 1 is 0.828 bits per heavy atom. The van der Waals surface area contributed by atoms with E-state index in [1.54, 1.807) is 0 Å². The number of Topliss-reactive ketones (excluding diaryl/α,β-unsaturated/α-hetero) is 1. The lowest BCUT2D eigenvalue weighted by atomic mass is 10.0. The summed E-state index contributed by atoms with van der Waals surface area (Å²) < 4.78 is 0. The molecular formula is C23H16N4OS. The summed E-state index contributed by atoms with van der Waals surface area (Å²) in [6, 6.07) is 26.9. The molecule has 1 N–H and O–H groups in total. The van der Waals surface area contributed by atoms with E-state index in [9.17, 15) is 4.79 Å². The predicted octanol–water partition coefficient (Wildman–Crippen LogP) is 5.22. The minimum atomic E-state index is -0.456. The number of thioether (sulfide) groups is 1. The number of carbonyl (C=O) groups excluding carboxylic acids is 1. The third-order valence-corrected chi connectivity index (χ3v) is 5.83. The van der Waals surface area contributed by atoms with Crippen molar-refractivity contribution < 1.29 is 4.79 Å². The quantitative estimate of drug-likeness (QED) is 0.326. The molecule has 0 spiro atoms. The van der Waals surface area contributed by atoms with E-state index >= 15 is 0 Å². The summed E-state index contributed by atoms with van der Waals surface area (Å²) in [5.41, 5.74) is 3.94. The third-order valence-electron chi connectivity index (χ3n) is 4.72. The number of aromatic nitrogens is 4. The van der Waals surface area contributed by atoms with Crippen LogP contribution in [0.1, 0.15) is 21.2 Å². The smallest absolute Gasteiger partial charge is 0.212 e. The van der Waals surface area contributed by atoms with Crippen molar-refractivity contribution in [3.8, 4) is 0 Å². The SMILES string of the molecule is O=C(c1ccccc1)C(Sc1nnc2c(n1)[nH]c1ccccc12)c1ccccc1. The molecule has 3 aromatic carbocycles. The van der Waals surface area contributed by atoms with E-state index in [4.69, 9.17) is 0 Å². The monoisotopic (exact) mass is 396 g/mol. The summed E-state index contributed by atoms with van der Waals surface area (Å²) in [5, 5.41) is 9.66. The lowest BCUT2D eigenvalue weighted by Gasteiger charge is -2.15. The molecule has 6 heteroatoms. The fraction of sp³-hybridized carbons (Fsp3) is 0.0435. The van der Waals surface area contributed by atoms with Gasteiger partial charge < -0.3 is 4.98 Å². The zero-order valence-electron chi connectivity index (χ0n) is 15.3. The number of carbonyl (C=O) groups is 1. The van der Waals surface area contributed by atoms with Gasteiger partial charge in [-0.25, -0.2) is 4.98 Å². The van der Waals surface area contributed by atoms with Gasteiger partial charge in [0.15, 0.2) is 11.4 Å². The first kappa shape index (κ1) is 17.6. The van der Waals surface area contributed by atoms with Crippen molar-refractivity contribution in [1.29, 1.82) is 0 Å². The second kappa shape index (κ2) is 7.48. The van der Waals surface area contributed by atoms with E-state index in [0.29, 0.717) is 16.4 Å². The number of fused-ring (bicyclic) bond motifs is 3. The number of para-hydroxylation sites is 1. The zero-order chi connectivity index (χ0) is 19.6. The van der Waals surface area contributed by atoms with Crippen LogP contribution < -0.4 is 0 Å². The Hall–Kier alpha value is -3.51. The van der Waals surface area contributed by atoms with Gasteiger partial charge >= 0.3 is 0 Å². The van der Waals surface area contributed by atoms with Crippen LogP contribution in [0.5, 0.6) is 0 Å². The van der Waals surface area contributed by atoms with Gasteiger partial charge in [0.25, 0.3) is 0 Å². The molecule has 1 unspecified atom stereocenters. The Kier molecular flexibility index (Phi) is 4.54. The second-order valence-corrected chi connectivity index (χ2v) is 7.67. The number of nitrogens with one attached hydrogen (secondary N) is 1. The molecule has 0 fully saturated rings. The fourth-order valence-corrected chi connectivity index (χ4v) is 4.29. The highest BCUT2D eigenvalue weighted by molar-refractivity contribution is 8.00. The van der Waals surface area contributed by atoms with Crippen molar-refractivity contribution >= 4 is 39.6 Å².